The maximum Gasteiger partial charge on any atom is 0.256 e. The van der Waals surface area contributed by atoms with E-state index < -0.39 is 0 Å². The summed E-state index contributed by atoms with van der Waals surface area (Å²) in [6.07, 6.45) is 4.19. The average Bonchev–Trinajstić information content (AvgIpc) is 3.30. The maximum absolute atomic E-state index is 12.6. The Balaban J connectivity index is 1.31. The topological polar surface area (TPSA) is 75.0 Å². The Bertz CT molecular complexity index is 1220. The Hall–Kier alpha value is -3.22. The third kappa shape index (κ3) is 3.79. The molecule has 0 saturated carbocycles. The van der Waals surface area contributed by atoms with E-state index in [0.717, 1.165) is 47.6 Å². The van der Waals surface area contributed by atoms with Gasteiger partial charge in [0.1, 0.15) is 0 Å². The SMILES string of the molecule is O=c1[nH]c(-c2ccco2)nc2c1CN(Cc1ccc(-c3ccc(Cl)cc3)nc1)CC2. The summed E-state index contributed by atoms with van der Waals surface area (Å²) in [5.74, 6) is 1.06. The molecule has 150 valence electrons. The molecule has 0 bridgehead atoms. The lowest BCUT2D eigenvalue weighted by Gasteiger charge is -2.27. The molecular formula is C23H19ClN4O2. The molecule has 0 spiro atoms. The minimum absolute atomic E-state index is 0.104. The highest BCUT2D eigenvalue weighted by molar-refractivity contribution is 6.30. The highest BCUT2D eigenvalue weighted by Gasteiger charge is 2.22. The van der Waals surface area contributed by atoms with Gasteiger partial charge in [0.2, 0.25) is 0 Å². The van der Waals surface area contributed by atoms with E-state index in [9.17, 15) is 4.79 Å². The summed E-state index contributed by atoms with van der Waals surface area (Å²) in [7, 11) is 0. The third-order valence-corrected chi connectivity index (χ3v) is 5.53. The fraction of sp³-hybridized carbons (Fsp3) is 0.174. The van der Waals surface area contributed by atoms with Gasteiger partial charge in [-0.25, -0.2) is 4.98 Å². The second-order valence-electron chi connectivity index (χ2n) is 7.34. The number of nitrogens with one attached hydrogen (secondary N) is 1. The van der Waals surface area contributed by atoms with Crippen molar-refractivity contribution in [2.24, 2.45) is 0 Å². The Morgan fingerprint density at radius 3 is 2.73 bits per heavy atom. The number of furan rings is 1. The smallest absolute Gasteiger partial charge is 0.256 e. The summed E-state index contributed by atoms with van der Waals surface area (Å²) in [6, 6.07) is 15.3. The van der Waals surface area contributed by atoms with Crippen LogP contribution in [-0.4, -0.2) is 26.4 Å². The van der Waals surface area contributed by atoms with Crippen molar-refractivity contribution in [1.82, 2.24) is 19.9 Å². The van der Waals surface area contributed by atoms with Gasteiger partial charge in [-0.1, -0.05) is 29.8 Å². The van der Waals surface area contributed by atoms with Crippen LogP contribution in [0.2, 0.25) is 5.02 Å². The van der Waals surface area contributed by atoms with Gasteiger partial charge in [-0.3, -0.25) is 14.7 Å². The molecule has 30 heavy (non-hydrogen) atoms. The number of nitrogens with zero attached hydrogens (tertiary/aromatic N) is 3. The largest absolute Gasteiger partial charge is 0.461 e. The molecule has 0 amide bonds. The van der Waals surface area contributed by atoms with Crippen molar-refractivity contribution in [1.29, 1.82) is 0 Å². The molecule has 0 fully saturated rings. The highest BCUT2D eigenvalue weighted by atomic mass is 35.5. The standard InChI is InChI=1S/C23H19ClN4O2/c24-17-6-4-16(5-7-17)19-8-3-15(12-25-19)13-28-10-9-20-18(14-28)23(29)27-22(26-20)21-2-1-11-30-21/h1-8,11-12H,9-10,13-14H2,(H,26,27,29). The molecule has 1 N–H and O–H groups in total. The van der Waals surface area contributed by atoms with Crippen LogP contribution >= 0.6 is 11.6 Å². The van der Waals surface area contributed by atoms with Gasteiger partial charge in [0.05, 0.1) is 23.2 Å². The zero-order chi connectivity index (χ0) is 20.5. The molecule has 1 aliphatic heterocycles. The van der Waals surface area contributed by atoms with Gasteiger partial charge < -0.3 is 9.40 Å². The lowest BCUT2D eigenvalue weighted by molar-refractivity contribution is 0.241. The van der Waals surface area contributed by atoms with Crippen LogP contribution in [-0.2, 0) is 19.5 Å². The van der Waals surface area contributed by atoms with Crippen molar-refractivity contribution >= 4 is 11.6 Å². The first-order valence-electron chi connectivity index (χ1n) is 9.75. The van der Waals surface area contributed by atoms with E-state index in [1.165, 1.54) is 0 Å². The molecule has 3 aromatic heterocycles. The van der Waals surface area contributed by atoms with Crippen molar-refractivity contribution in [3.63, 3.8) is 0 Å². The van der Waals surface area contributed by atoms with Crippen molar-refractivity contribution in [3.05, 3.63) is 93.2 Å². The second-order valence-corrected chi connectivity index (χ2v) is 7.77. The summed E-state index contributed by atoms with van der Waals surface area (Å²) < 4.78 is 5.36. The zero-order valence-corrected chi connectivity index (χ0v) is 16.9. The highest BCUT2D eigenvalue weighted by Crippen LogP contribution is 2.22. The number of hydrogen-bond donors (Lipinski definition) is 1. The van der Waals surface area contributed by atoms with Crippen molar-refractivity contribution in [2.45, 2.75) is 19.5 Å². The minimum atomic E-state index is -0.104. The van der Waals surface area contributed by atoms with Crippen LogP contribution < -0.4 is 5.56 Å². The van der Waals surface area contributed by atoms with Gasteiger partial charge in [0.25, 0.3) is 5.56 Å². The summed E-state index contributed by atoms with van der Waals surface area (Å²) in [6.45, 7) is 2.13. The second kappa shape index (κ2) is 7.89. The Morgan fingerprint density at radius 1 is 1.13 bits per heavy atom. The molecule has 4 heterocycles. The van der Waals surface area contributed by atoms with Gasteiger partial charge in [-0.05, 0) is 35.9 Å². The van der Waals surface area contributed by atoms with Crippen LogP contribution in [0.4, 0.5) is 0 Å². The number of rotatable bonds is 4. The van der Waals surface area contributed by atoms with Crippen molar-refractivity contribution in [3.8, 4) is 22.8 Å². The fourth-order valence-corrected chi connectivity index (χ4v) is 3.84. The first-order chi connectivity index (χ1) is 14.7. The number of aromatic amines is 1. The van der Waals surface area contributed by atoms with E-state index in [-0.39, 0.29) is 5.56 Å². The number of halogens is 1. The fourth-order valence-electron chi connectivity index (χ4n) is 3.71. The van der Waals surface area contributed by atoms with Gasteiger partial charge in [0, 0.05) is 42.8 Å². The molecule has 0 unspecified atom stereocenters. The number of hydrogen-bond acceptors (Lipinski definition) is 5. The summed E-state index contributed by atoms with van der Waals surface area (Å²) in [5, 5.41) is 0.710. The van der Waals surface area contributed by atoms with Crippen molar-refractivity contribution < 1.29 is 4.42 Å². The van der Waals surface area contributed by atoms with Crippen molar-refractivity contribution in [2.75, 3.05) is 6.54 Å². The van der Waals surface area contributed by atoms with E-state index in [1.54, 1.807) is 18.4 Å². The normalized spacial score (nSPS) is 13.9. The van der Waals surface area contributed by atoms with Crippen LogP contribution in [0, 0.1) is 0 Å². The Morgan fingerprint density at radius 2 is 2.00 bits per heavy atom. The minimum Gasteiger partial charge on any atom is -0.461 e. The molecule has 6 nitrogen and oxygen atoms in total. The molecule has 0 atom stereocenters. The lowest BCUT2D eigenvalue weighted by Crippen LogP contribution is -2.35. The molecule has 1 aliphatic rings. The monoisotopic (exact) mass is 418 g/mol. The average molecular weight is 419 g/mol. The van der Waals surface area contributed by atoms with Gasteiger partial charge in [0.15, 0.2) is 11.6 Å². The number of benzene rings is 1. The molecule has 1 aromatic carbocycles. The predicted molar refractivity (Wildman–Crippen MR) is 115 cm³/mol. The molecule has 5 rings (SSSR count). The summed E-state index contributed by atoms with van der Waals surface area (Å²) in [5.41, 5.74) is 4.51. The van der Waals surface area contributed by atoms with Gasteiger partial charge in [-0.15, -0.1) is 0 Å². The lowest BCUT2D eigenvalue weighted by atomic mass is 10.1. The Kier molecular flexibility index (Phi) is 4.94. The number of pyridine rings is 1. The van der Waals surface area contributed by atoms with Crippen LogP contribution in [0.5, 0.6) is 0 Å². The molecule has 0 radical (unpaired) electrons. The maximum atomic E-state index is 12.6. The predicted octanol–water partition coefficient (Wildman–Crippen LogP) is 4.30. The molecule has 4 aromatic rings. The first kappa shape index (κ1) is 18.8. The third-order valence-electron chi connectivity index (χ3n) is 5.27. The number of H-pyrrole nitrogens is 1. The van der Waals surface area contributed by atoms with E-state index in [2.05, 4.69) is 25.9 Å². The molecule has 7 heteroatoms. The van der Waals surface area contributed by atoms with E-state index in [4.69, 9.17) is 16.0 Å². The summed E-state index contributed by atoms with van der Waals surface area (Å²) >= 11 is 5.95. The van der Waals surface area contributed by atoms with E-state index >= 15 is 0 Å². The molecular weight excluding hydrogens is 400 g/mol. The Labute approximate surface area is 178 Å². The van der Waals surface area contributed by atoms with Gasteiger partial charge in [-0.2, -0.15) is 0 Å². The van der Waals surface area contributed by atoms with Crippen LogP contribution in [0.15, 0.2) is 70.2 Å². The van der Waals surface area contributed by atoms with Crippen LogP contribution in [0.1, 0.15) is 16.8 Å². The molecule has 0 aliphatic carbocycles. The number of aromatic nitrogens is 3. The summed E-state index contributed by atoms with van der Waals surface area (Å²) in [4.78, 5) is 26.9. The number of fused-ring (bicyclic) bond motifs is 1. The van der Waals surface area contributed by atoms with Gasteiger partial charge >= 0.3 is 0 Å². The quantitative estimate of drug-likeness (QED) is 0.534. The zero-order valence-electron chi connectivity index (χ0n) is 16.1. The van der Waals surface area contributed by atoms with E-state index in [0.29, 0.717) is 23.2 Å². The van der Waals surface area contributed by atoms with Crippen LogP contribution in [0.3, 0.4) is 0 Å². The molecule has 0 saturated heterocycles. The van der Waals surface area contributed by atoms with Crippen LogP contribution in [0.25, 0.3) is 22.8 Å². The van der Waals surface area contributed by atoms with E-state index in [1.807, 2.05) is 36.5 Å². The first-order valence-corrected chi connectivity index (χ1v) is 10.1.